The van der Waals surface area contributed by atoms with Crippen LogP contribution < -0.4 is 5.73 Å². The lowest BCUT2D eigenvalue weighted by atomic mass is 10.0. The Balaban J connectivity index is 3.51. The zero-order valence-corrected chi connectivity index (χ0v) is 6.47. The van der Waals surface area contributed by atoms with Gasteiger partial charge >= 0.3 is 0 Å². The molecule has 0 aromatic heterocycles. The SMILES string of the molecule is C=CC(=O)C(C)CCCN. The van der Waals surface area contributed by atoms with Gasteiger partial charge in [0.15, 0.2) is 5.78 Å². The van der Waals surface area contributed by atoms with E-state index in [2.05, 4.69) is 6.58 Å². The Morgan fingerprint density at radius 3 is 2.80 bits per heavy atom. The fraction of sp³-hybridized carbons (Fsp3) is 0.625. The van der Waals surface area contributed by atoms with E-state index in [1.165, 1.54) is 6.08 Å². The number of carbonyl (C=O) groups is 1. The van der Waals surface area contributed by atoms with Gasteiger partial charge in [-0.25, -0.2) is 0 Å². The average Bonchev–Trinajstić information content (AvgIpc) is 1.98. The summed E-state index contributed by atoms with van der Waals surface area (Å²) in [6.45, 7) is 5.97. The Morgan fingerprint density at radius 1 is 1.80 bits per heavy atom. The first kappa shape index (κ1) is 9.37. The molecule has 0 heterocycles. The van der Waals surface area contributed by atoms with Crippen molar-refractivity contribution in [3.05, 3.63) is 12.7 Å². The van der Waals surface area contributed by atoms with Crippen LogP contribution in [-0.2, 0) is 4.79 Å². The van der Waals surface area contributed by atoms with E-state index in [4.69, 9.17) is 5.73 Å². The van der Waals surface area contributed by atoms with E-state index in [1.807, 2.05) is 6.92 Å². The maximum absolute atomic E-state index is 10.9. The summed E-state index contributed by atoms with van der Waals surface area (Å²) in [5, 5.41) is 0. The summed E-state index contributed by atoms with van der Waals surface area (Å²) in [4.78, 5) is 10.9. The Hall–Kier alpha value is -0.630. The maximum Gasteiger partial charge on any atom is 0.157 e. The Bertz CT molecular complexity index is 120. The van der Waals surface area contributed by atoms with Crippen LogP contribution in [0.4, 0.5) is 0 Å². The molecule has 0 spiro atoms. The van der Waals surface area contributed by atoms with Gasteiger partial charge in [-0.1, -0.05) is 13.5 Å². The molecule has 1 unspecified atom stereocenters. The third-order valence-electron chi connectivity index (χ3n) is 1.53. The summed E-state index contributed by atoms with van der Waals surface area (Å²) in [7, 11) is 0. The lowest BCUT2D eigenvalue weighted by Gasteiger charge is -2.04. The number of rotatable bonds is 5. The molecule has 0 aliphatic heterocycles. The van der Waals surface area contributed by atoms with Gasteiger partial charge in [0.1, 0.15) is 0 Å². The maximum atomic E-state index is 10.9. The van der Waals surface area contributed by atoms with Gasteiger partial charge in [0, 0.05) is 5.92 Å². The molecule has 1 atom stereocenters. The Labute approximate surface area is 62.1 Å². The van der Waals surface area contributed by atoms with Crippen LogP contribution in [0, 0.1) is 5.92 Å². The van der Waals surface area contributed by atoms with E-state index < -0.39 is 0 Å². The van der Waals surface area contributed by atoms with Crippen LogP contribution in [-0.4, -0.2) is 12.3 Å². The highest BCUT2D eigenvalue weighted by Gasteiger charge is 2.06. The molecule has 0 aromatic rings. The third kappa shape index (κ3) is 3.41. The van der Waals surface area contributed by atoms with Crippen molar-refractivity contribution in [3.63, 3.8) is 0 Å². The van der Waals surface area contributed by atoms with Crippen LogP contribution in [0.5, 0.6) is 0 Å². The number of hydrogen-bond acceptors (Lipinski definition) is 2. The molecule has 2 nitrogen and oxygen atoms in total. The minimum atomic E-state index is 0.0982. The van der Waals surface area contributed by atoms with Gasteiger partial charge < -0.3 is 5.73 Å². The summed E-state index contributed by atoms with van der Waals surface area (Å²) in [5.41, 5.74) is 5.28. The minimum Gasteiger partial charge on any atom is -0.330 e. The summed E-state index contributed by atoms with van der Waals surface area (Å²) in [6, 6.07) is 0. The van der Waals surface area contributed by atoms with Crippen LogP contribution >= 0.6 is 0 Å². The first-order valence-electron chi connectivity index (χ1n) is 3.58. The molecule has 0 saturated heterocycles. The number of nitrogens with two attached hydrogens (primary N) is 1. The molecule has 58 valence electrons. The number of allylic oxidation sites excluding steroid dienone is 1. The standard InChI is InChI=1S/C8H15NO/c1-3-8(10)7(2)5-4-6-9/h3,7H,1,4-6,9H2,2H3. The van der Waals surface area contributed by atoms with Crippen LogP contribution in [0.25, 0.3) is 0 Å². The van der Waals surface area contributed by atoms with Gasteiger partial charge in [0.25, 0.3) is 0 Å². The predicted molar refractivity (Wildman–Crippen MR) is 42.7 cm³/mol. The van der Waals surface area contributed by atoms with Crippen LogP contribution in [0.1, 0.15) is 19.8 Å². The lowest BCUT2D eigenvalue weighted by Crippen LogP contribution is -2.09. The first-order valence-corrected chi connectivity index (χ1v) is 3.58. The second-order valence-electron chi connectivity index (χ2n) is 2.44. The molecule has 0 amide bonds. The molecule has 0 saturated carbocycles. The van der Waals surface area contributed by atoms with Gasteiger partial charge in [0.2, 0.25) is 0 Å². The lowest BCUT2D eigenvalue weighted by molar-refractivity contribution is -0.117. The molecule has 2 N–H and O–H groups in total. The molecule has 2 heteroatoms. The summed E-state index contributed by atoms with van der Waals surface area (Å²) >= 11 is 0. The van der Waals surface area contributed by atoms with E-state index in [9.17, 15) is 4.79 Å². The second-order valence-corrected chi connectivity index (χ2v) is 2.44. The van der Waals surface area contributed by atoms with E-state index in [-0.39, 0.29) is 11.7 Å². The highest BCUT2D eigenvalue weighted by Crippen LogP contribution is 2.05. The number of ketones is 1. The van der Waals surface area contributed by atoms with E-state index in [1.54, 1.807) is 0 Å². The average molecular weight is 141 g/mol. The van der Waals surface area contributed by atoms with Gasteiger partial charge in [-0.3, -0.25) is 4.79 Å². The fourth-order valence-corrected chi connectivity index (χ4v) is 0.767. The third-order valence-corrected chi connectivity index (χ3v) is 1.53. The van der Waals surface area contributed by atoms with Crippen molar-refractivity contribution in [2.24, 2.45) is 11.7 Å². The molecule has 0 bridgehead atoms. The number of hydrogen-bond donors (Lipinski definition) is 1. The summed E-state index contributed by atoms with van der Waals surface area (Å²) in [6.07, 6.45) is 3.17. The smallest absolute Gasteiger partial charge is 0.157 e. The van der Waals surface area contributed by atoms with Gasteiger partial charge in [-0.15, -0.1) is 0 Å². The van der Waals surface area contributed by atoms with E-state index in [0.29, 0.717) is 6.54 Å². The van der Waals surface area contributed by atoms with Crippen LogP contribution in [0.3, 0.4) is 0 Å². The van der Waals surface area contributed by atoms with Gasteiger partial charge in [0.05, 0.1) is 0 Å². The van der Waals surface area contributed by atoms with Crippen molar-refractivity contribution >= 4 is 5.78 Å². The highest BCUT2D eigenvalue weighted by molar-refractivity contribution is 5.90. The van der Waals surface area contributed by atoms with Crippen LogP contribution in [0.15, 0.2) is 12.7 Å². The monoisotopic (exact) mass is 141 g/mol. The topological polar surface area (TPSA) is 43.1 Å². The molecule has 0 aliphatic carbocycles. The van der Waals surface area contributed by atoms with Gasteiger partial charge in [-0.2, -0.15) is 0 Å². The van der Waals surface area contributed by atoms with Crippen molar-refractivity contribution in [2.75, 3.05) is 6.54 Å². The quantitative estimate of drug-likeness (QED) is 0.583. The number of carbonyl (C=O) groups excluding carboxylic acids is 1. The molecular weight excluding hydrogens is 126 g/mol. The zero-order chi connectivity index (χ0) is 7.98. The van der Waals surface area contributed by atoms with Crippen LogP contribution in [0.2, 0.25) is 0 Å². The molecule has 0 aromatic carbocycles. The second kappa shape index (κ2) is 5.18. The molecule has 10 heavy (non-hydrogen) atoms. The summed E-state index contributed by atoms with van der Waals surface area (Å²) in [5.74, 6) is 0.217. The largest absolute Gasteiger partial charge is 0.330 e. The van der Waals surface area contributed by atoms with Crippen molar-refractivity contribution in [1.29, 1.82) is 0 Å². The fourth-order valence-electron chi connectivity index (χ4n) is 0.767. The zero-order valence-electron chi connectivity index (χ0n) is 6.47. The summed E-state index contributed by atoms with van der Waals surface area (Å²) < 4.78 is 0. The molecule has 0 fully saturated rings. The Morgan fingerprint density at radius 2 is 2.40 bits per heavy atom. The normalized spacial score (nSPS) is 12.6. The minimum absolute atomic E-state index is 0.0982. The molecule has 0 aliphatic rings. The van der Waals surface area contributed by atoms with Crippen molar-refractivity contribution in [2.45, 2.75) is 19.8 Å². The molecule has 0 rings (SSSR count). The highest BCUT2D eigenvalue weighted by atomic mass is 16.1. The van der Waals surface area contributed by atoms with E-state index in [0.717, 1.165) is 12.8 Å². The van der Waals surface area contributed by atoms with Crippen molar-refractivity contribution < 1.29 is 4.79 Å². The predicted octanol–water partition coefficient (Wildman–Crippen LogP) is 1.12. The Kier molecular flexibility index (Phi) is 4.85. The van der Waals surface area contributed by atoms with Gasteiger partial charge in [-0.05, 0) is 25.5 Å². The first-order chi connectivity index (χ1) is 4.72. The molecular formula is C8H15NO. The van der Waals surface area contributed by atoms with Crippen molar-refractivity contribution in [3.8, 4) is 0 Å². The molecule has 0 radical (unpaired) electrons. The van der Waals surface area contributed by atoms with Crippen molar-refractivity contribution in [1.82, 2.24) is 0 Å². The van der Waals surface area contributed by atoms with E-state index >= 15 is 0 Å².